The number of hydrogen-bond donors (Lipinski definition) is 2. The predicted molar refractivity (Wildman–Crippen MR) is 73.8 cm³/mol. The molecule has 0 radical (unpaired) electrons. The zero-order valence-corrected chi connectivity index (χ0v) is 11.2. The van der Waals surface area contributed by atoms with E-state index in [0.717, 1.165) is 25.8 Å². The molecule has 0 aromatic heterocycles. The van der Waals surface area contributed by atoms with Crippen molar-refractivity contribution in [1.29, 1.82) is 0 Å². The fourth-order valence-electron chi connectivity index (χ4n) is 3.41. The van der Waals surface area contributed by atoms with Gasteiger partial charge < -0.3 is 15.3 Å². The van der Waals surface area contributed by atoms with Crippen LogP contribution in [0.3, 0.4) is 0 Å². The quantitative estimate of drug-likeness (QED) is 0.794. The molecular formula is C15H22N2O. The van der Waals surface area contributed by atoms with Crippen molar-refractivity contribution < 1.29 is 5.11 Å². The molecule has 2 heterocycles. The molecule has 1 aromatic carbocycles. The molecule has 0 bridgehead atoms. The topological polar surface area (TPSA) is 35.5 Å². The maximum Gasteiger partial charge on any atom is 0.0988 e. The van der Waals surface area contributed by atoms with Crippen molar-refractivity contribution in [3.05, 3.63) is 29.8 Å². The molecule has 0 amide bonds. The van der Waals surface area contributed by atoms with E-state index in [-0.39, 0.29) is 6.04 Å². The molecule has 0 aliphatic carbocycles. The summed E-state index contributed by atoms with van der Waals surface area (Å²) in [6, 6.07) is 9.08. The lowest BCUT2D eigenvalue weighted by Gasteiger charge is -2.37. The normalized spacial score (nSPS) is 36.2. The Labute approximate surface area is 109 Å². The van der Waals surface area contributed by atoms with E-state index < -0.39 is 5.60 Å². The SMILES string of the molecule is CC1CC(O)(C2CCc3ccccc3N2)CN1C. The Bertz CT molecular complexity index is 436. The largest absolute Gasteiger partial charge is 0.386 e. The Morgan fingerprint density at radius 1 is 1.39 bits per heavy atom. The third kappa shape index (κ3) is 1.91. The summed E-state index contributed by atoms with van der Waals surface area (Å²) in [4.78, 5) is 2.25. The molecule has 2 aliphatic rings. The lowest BCUT2D eigenvalue weighted by atomic mass is 9.84. The number of nitrogens with zero attached hydrogens (tertiary/aromatic N) is 1. The average molecular weight is 246 g/mol. The number of nitrogens with one attached hydrogen (secondary N) is 1. The van der Waals surface area contributed by atoms with E-state index in [2.05, 4.69) is 48.5 Å². The Morgan fingerprint density at radius 2 is 2.17 bits per heavy atom. The first-order chi connectivity index (χ1) is 8.58. The summed E-state index contributed by atoms with van der Waals surface area (Å²) in [7, 11) is 2.10. The van der Waals surface area contributed by atoms with Gasteiger partial charge in [0.1, 0.15) is 0 Å². The number of anilines is 1. The highest BCUT2D eigenvalue weighted by Gasteiger charge is 2.45. The molecule has 2 aliphatic heterocycles. The van der Waals surface area contributed by atoms with Crippen LogP contribution in [-0.2, 0) is 6.42 Å². The first-order valence-corrected chi connectivity index (χ1v) is 6.85. The van der Waals surface area contributed by atoms with Gasteiger partial charge in [-0.25, -0.2) is 0 Å². The van der Waals surface area contributed by atoms with Crippen molar-refractivity contribution in [1.82, 2.24) is 4.90 Å². The molecule has 2 N–H and O–H groups in total. The van der Waals surface area contributed by atoms with E-state index in [1.165, 1.54) is 11.3 Å². The predicted octanol–water partition coefficient (Wildman–Crippen LogP) is 1.87. The number of para-hydroxylation sites is 1. The lowest BCUT2D eigenvalue weighted by Crippen LogP contribution is -2.50. The zero-order valence-electron chi connectivity index (χ0n) is 11.2. The monoisotopic (exact) mass is 246 g/mol. The maximum absolute atomic E-state index is 10.9. The summed E-state index contributed by atoms with van der Waals surface area (Å²) in [5.41, 5.74) is 1.99. The Balaban J connectivity index is 1.80. The van der Waals surface area contributed by atoms with Gasteiger partial charge in [0.25, 0.3) is 0 Å². The van der Waals surface area contributed by atoms with Crippen molar-refractivity contribution in [2.45, 2.75) is 43.9 Å². The summed E-state index contributed by atoms with van der Waals surface area (Å²) in [6.07, 6.45) is 2.95. The second kappa shape index (κ2) is 4.25. The standard InChI is InChI=1S/C15H22N2O/c1-11-9-15(18,10-17(11)2)14-8-7-12-5-3-4-6-13(12)16-14/h3-6,11,14,16,18H,7-10H2,1-2H3. The Morgan fingerprint density at radius 3 is 2.89 bits per heavy atom. The van der Waals surface area contributed by atoms with Gasteiger partial charge in [0.15, 0.2) is 0 Å². The zero-order chi connectivity index (χ0) is 12.8. The Kier molecular flexibility index (Phi) is 2.83. The highest BCUT2D eigenvalue weighted by Crippen LogP contribution is 2.35. The molecule has 3 nitrogen and oxygen atoms in total. The molecule has 0 saturated carbocycles. The van der Waals surface area contributed by atoms with E-state index >= 15 is 0 Å². The van der Waals surface area contributed by atoms with Crippen LogP contribution in [0.5, 0.6) is 0 Å². The number of benzene rings is 1. The first kappa shape index (κ1) is 12.0. The summed E-state index contributed by atoms with van der Waals surface area (Å²) in [5, 5.41) is 14.4. The highest BCUT2D eigenvalue weighted by atomic mass is 16.3. The van der Waals surface area contributed by atoms with Crippen LogP contribution >= 0.6 is 0 Å². The molecule has 18 heavy (non-hydrogen) atoms. The van der Waals surface area contributed by atoms with Crippen molar-refractivity contribution in [3.63, 3.8) is 0 Å². The van der Waals surface area contributed by atoms with Gasteiger partial charge in [-0.2, -0.15) is 0 Å². The Hall–Kier alpha value is -1.06. The second-order valence-corrected chi connectivity index (χ2v) is 5.96. The maximum atomic E-state index is 10.9. The number of aryl methyl sites for hydroxylation is 1. The molecule has 3 atom stereocenters. The van der Waals surface area contributed by atoms with Crippen LogP contribution in [0.25, 0.3) is 0 Å². The summed E-state index contributed by atoms with van der Waals surface area (Å²) in [6.45, 7) is 2.96. The van der Waals surface area contributed by atoms with Gasteiger partial charge >= 0.3 is 0 Å². The molecule has 3 heteroatoms. The smallest absolute Gasteiger partial charge is 0.0988 e. The second-order valence-electron chi connectivity index (χ2n) is 5.96. The first-order valence-electron chi connectivity index (χ1n) is 6.85. The fraction of sp³-hybridized carbons (Fsp3) is 0.600. The minimum Gasteiger partial charge on any atom is -0.386 e. The molecule has 98 valence electrons. The van der Waals surface area contributed by atoms with E-state index in [1.54, 1.807) is 0 Å². The third-order valence-corrected chi connectivity index (χ3v) is 4.62. The minimum atomic E-state index is -0.582. The van der Waals surface area contributed by atoms with Crippen molar-refractivity contribution >= 4 is 5.69 Å². The molecule has 1 fully saturated rings. The minimum absolute atomic E-state index is 0.180. The number of hydrogen-bond acceptors (Lipinski definition) is 3. The van der Waals surface area contributed by atoms with Gasteiger partial charge in [-0.3, -0.25) is 0 Å². The lowest BCUT2D eigenvalue weighted by molar-refractivity contribution is 0.0284. The average Bonchev–Trinajstić information content (AvgIpc) is 2.64. The van der Waals surface area contributed by atoms with Gasteiger partial charge in [-0.15, -0.1) is 0 Å². The number of β-amino-alcohol motifs (C(OH)–C–C–N with tert-alkyl or cyclic N) is 1. The molecule has 3 rings (SSSR count). The molecule has 0 spiro atoms. The van der Waals surface area contributed by atoms with E-state index in [9.17, 15) is 5.11 Å². The number of likely N-dealkylation sites (tertiary alicyclic amines) is 1. The van der Waals surface area contributed by atoms with E-state index in [1.807, 2.05) is 0 Å². The van der Waals surface area contributed by atoms with Crippen LogP contribution in [0.2, 0.25) is 0 Å². The molecular weight excluding hydrogens is 224 g/mol. The van der Waals surface area contributed by atoms with Gasteiger partial charge in [0, 0.05) is 18.3 Å². The van der Waals surface area contributed by atoms with E-state index in [0.29, 0.717) is 6.04 Å². The van der Waals surface area contributed by atoms with Crippen LogP contribution in [0, 0.1) is 0 Å². The third-order valence-electron chi connectivity index (χ3n) is 4.62. The van der Waals surface area contributed by atoms with Crippen LogP contribution in [0.15, 0.2) is 24.3 Å². The summed E-state index contributed by atoms with van der Waals surface area (Å²) < 4.78 is 0. The van der Waals surface area contributed by atoms with Crippen LogP contribution in [-0.4, -0.2) is 41.3 Å². The van der Waals surface area contributed by atoms with Gasteiger partial charge in [0.05, 0.1) is 11.6 Å². The number of rotatable bonds is 1. The number of fused-ring (bicyclic) bond motifs is 1. The van der Waals surface area contributed by atoms with Gasteiger partial charge in [-0.1, -0.05) is 18.2 Å². The molecule has 1 aromatic rings. The highest BCUT2D eigenvalue weighted by molar-refractivity contribution is 5.54. The number of aliphatic hydroxyl groups is 1. The van der Waals surface area contributed by atoms with Crippen LogP contribution in [0.4, 0.5) is 5.69 Å². The molecule has 3 unspecified atom stereocenters. The summed E-state index contributed by atoms with van der Waals surface area (Å²) in [5.74, 6) is 0. The van der Waals surface area contributed by atoms with Crippen molar-refractivity contribution in [3.8, 4) is 0 Å². The summed E-state index contributed by atoms with van der Waals surface area (Å²) >= 11 is 0. The van der Waals surface area contributed by atoms with Crippen molar-refractivity contribution in [2.24, 2.45) is 0 Å². The van der Waals surface area contributed by atoms with Gasteiger partial charge in [-0.05, 0) is 44.9 Å². The van der Waals surface area contributed by atoms with Crippen molar-refractivity contribution in [2.75, 3.05) is 18.9 Å². The fourth-order valence-corrected chi connectivity index (χ4v) is 3.41. The molecule has 1 saturated heterocycles. The van der Waals surface area contributed by atoms with E-state index in [4.69, 9.17) is 0 Å². The number of likely N-dealkylation sites (N-methyl/N-ethyl adjacent to an activating group) is 1. The van der Waals surface area contributed by atoms with Crippen LogP contribution < -0.4 is 5.32 Å². The van der Waals surface area contributed by atoms with Gasteiger partial charge in [0.2, 0.25) is 0 Å². The van der Waals surface area contributed by atoms with Crippen LogP contribution in [0.1, 0.15) is 25.3 Å².